The first kappa shape index (κ1) is 13.1. The zero-order valence-corrected chi connectivity index (χ0v) is 11.4. The molecule has 0 fully saturated rings. The van der Waals surface area contributed by atoms with Crippen molar-refractivity contribution in [3.05, 3.63) is 29.3 Å². The highest BCUT2D eigenvalue weighted by atomic mass is 16.2. The molecule has 1 aromatic rings. The summed E-state index contributed by atoms with van der Waals surface area (Å²) >= 11 is 0. The number of nitrogens with two attached hydrogens (primary N) is 1. The van der Waals surface area contributed by atoms with Crippen LogP contribution in [0, 0.1) is 5.92 Å². The third-order valence-corrected chi connectivity index (χ3v) is 4.01. The highest BCUT2D eigenvalue weighted by molar-refractivity contribution is 6.05. The first-order valence-corrected chi connectivity index (χ1v) is 6.64. The van der Waals surface area contributed by atoms with Gasteiger partial charge in [0.2, 0.25) is 5.91 Å². The third-order valence-electron chi connectivity index (χ3n) is 4.01. The number of fused-ring (bicyclic) bond motifs is 1. The summed E-state index contributed by atoms with van der Waals surface area (Å²) in [5, 5.41) is 2.93. The summed E-state index contributed by atoms with van der Waals surface area (Å²) in [6, 6.07) is 6.27. The molecule has 0 bridgehead atoms. The highest BCUT2D eigenvalue weighted by Gasteiger charge is 2.38. The zero-order chi connectivity index (χ0) is 13.3. The van der Waals surface area contributed by atoms with Gasteiger partial charge in [-0.05, 0) is 49.9 Å². The molecule has 0 saturated carbocycles. The molecule has 1 aliphatic rings. The molecule has 1 heterocycles. The zero-order valence-electron chi connectivity index (χ0n) is 11.4. The molecular formula is C15H22N2O. The lowest BCUT2D eigenvalue weighted by molar-refractivity contribution is -0.119. The first-order valence-electron chi connectivity index (χ1n) is 6.64. The summed E-state index contributed by atoms with van der Waals surface area (Å²) < 4.78 is 0. The SMILES string of the molecule is CCC(CN)Cc1ccc2c(c1)C(C)(C)C(=O)N2. The lowest BCUT2D eigenvalue weighted by atomic mass is 9.84. The lowest BCUT2D eigenvalue weighted by Gasteiger charge is -2.17. The molecule has 1 aromatic carbocycles. The fourth-order valence-corrected chi connectivity index (χ4v) is 2.47. The van der Waals surface area contributed by atoms with Crippen molar-refractivity contribution in [3.63, 3.8) is 0 Å². The van der Waals surface area contributed by atoms with E-state index < -0.39 is 5.41 Å². The molecule has 0 radical (unpaired) electrons. The summed E-state index contributed by atoms with van der Waals surface area (Å²) in [6.45, 7) is 6.82. The van der Waals surface area contributed by atoms with Crippen LogP contribution in [0.3, 0.4) is 0 Å². The molecule has 3 N–H and O–H groups in total. The molecule has 18 heavy (non-hydrogen) atoms. The Morgan fingerprint density at radius 1 is 1.39 bits per heavy atom. The molecule has 1 amide bonds. The standard InChI is InChI=1S/C15H22N2O/c1-4-10(9-16)7-11-5-6-13-12(8-11)15(2,3)14(18)17-13/h5-6,8,10H,4,7,9,16H2,1-3H3,(H,17,18). The van der Waals surface area contributed by atoms with Gasteiger partial charge in [-0.15, -0.1) is 0 Å². The van der Waals surface area contributed by atoms with E-state index in [4.69, 9.17) is 5.73 Å². The number of hydrogen-bond donors (Lipinski definition) is 2. The molecule has 0 saturated heterocycles. The van der Waals surface area contributed by atoms with Crippen LogP contribution in [0.5, 0.6) is 0 Å². The maximum atomic E-state index is 11.9. The number of anilines is 1. The number of nitrogens with one attached hydrogen (secondary N) is 1. The molecule has 3 heteroatoms. The predicted molar refractivity (Wildman–Crippen MR) is 74.6 cm³/mol. The Kier molecular flexibility index (Phi) is 3.44. The molecular weight excluding hydrogens is 224 g/mol. The van der Waals surface area contributed by atoms with Crippen molar-refractivity contribution in [2.24, 2.45) is 11.7 Å². The third kappa shape index (κ3) is 2.15. The number of benzene rings is 1. The van der Waals surface area contributed by atoms with Gasteiger partial charge in [0, 0.05) is 5.69 Å². The van der Waals surface area contributed by atoms with Gasteiger partial charge in [0.25, 0.3) is 0 Å². The highest BCUT2D eigenvalue weighted by Crippen LogP contribution is 2.37. The van der Waals surface area contributed by atoms with Crippen LogP contribution in [0.15, 0.2) is 18.2 Å². The van der Waals surface area contributed by atoms with E-state index in [1.807, 2.05) is 19.9 Å². The summed E-state index contributed by atoms with van der Waals surface area (Å²) in [5.41, 5.74) is 8.67. The second-order valence-corrected chi connectivity index (χ2v) is 5.67. The molecule has 98 valence electrons. The smallest absolute Gasteiger partial charge is 0.234 e. The van der Waals surface area contributed by atoms with Crippen LogP contribution < -0.4 is 11.1 Å². The first-order chi connectivity index (χ1) is 8.48. The van der Waals surface area contributed by atoms with E-state index in [2.05, 4.69) is 24.4 Å². The average molecular weight is 246 g/mol. The molecule has 3 nitrogen and oxygen atoms in total. The Balaban J connectivity index is 2.28. The van der Waals surface area contributed by atoms with Crippen molar-refractivity contribution in [3.8, 4) is 0 Å². The molecule has 1 unspecified atom stereocenters. The fourth-order valence-electron chi connectivity index (χ4n) is 2.47. The number of amides is 1. The Hall–Kier alpha value is -1.35. The largest absolute Gasteiger partial charge is 0.330 e. The minimum Gasteiger partial charge on any atom is -0.330 e. The number of rotatable bonds is 4. The molecule has 1 aliphatic heterocycles. The maximum Gasteiger partial charge on any atom is 0.234 e. The van der Waals surface area contributed by atoms with E-state index in [-0.39, 0.29) is 5.91 Å². The topological polar surface area (TPSA) is 55.1 Å². The van der Waals surface area contributed by atoms with Crippen molar-refractivity contribution in [1.82, 2.24) is 0 Å². The van der Waals surface area contributed by atoms with Crippen LogP contribution in [-0.4, -0.2) is 12.5 Å². The Labute approximate surface area is 109 Å². The average Bonchev–Trinajstić information content (AvgIpc) is 2.58. The van der Waals surface area contributed by atoms with Gasteiger partial charge in [0.15, 0.2) is 0 Å². The Bertz CT molecular complexity index is 462. The van der Waals surface area contributed by atoms with Crippen LogP contribution in [0.1, 0.15) is 38.3 Å². The quantitative estimate of drug-likeness (QED) is 0.857. The molecule has 0 spiro atoms. The summed E-state index contributed by atoms with van der Waals surface area (Å²) in [4.78, 5) is 11.9. The molecule has 2 rings (SSSR count). The Morgan fingerprint density at radius 3 is 2.72 bits per heavy atom. The second kappa shape index (κ2) is 4.73. The second-order valence-electron chi connectivity index (χ2n) is 5.67. The van der Waals surface area contributed by atoms with E-state index in [0.717, 1.165) is 24.1 Å². The van der Waals surface area contributed by atoms with E-state index in [1.54, 1.807) is 0 Å². The monoisotopic (exact) mass is 246 g/mol. The van der Waals surface area contributed by atoms with Gasteiger partial charge in [-0.2, -0.15) is 0 Å². The van der Waals surface area contributed by atoms with Crippen LogP contribution in [0.25, 0.3) is 0 Å². The van der Waals surface area contributed by atoms with Crippen molar-refractivity contribution < 1.29 is 4.79 Å². The van der Waals surface area contributed by atoms with E-state index in [0.29, 0.717) is 12.5 Å². The summed E-state index contributed by atoms with van der Waals surface area (Å²) in [6.07, 6.45) is 2.08. The summed E-state index contributed by atoms with van der Waals surface area (Å²) in [5.74, 6) is 0.608. The fraction of sp³-hybridized carbons (Fsp3) is 0.533. The van der Waals surface area contributed by atoms with Crippen LogP contribution in [0.2, 0.25) is 0 Å². The van der Waals surface area contributed by atoms with Crippen molar-refractivity contribution in [2.75, 3.05) is 11.9 Å². The minimum atomic E-state index is -0.421. The van der Waals surface area contributed by atoms with Gasteiger partial charge in [0.1, 0.15) is 0 Å². The van der Waals surface area contributed by atoms with Gasteiger partial charge < -0.3 is 11.1 Å². The molecule has 1 atom stereocenters. The maximum absolute atomic E-state index is 11.9. The molecule has 0 aromatic heterocycles. The van der Waals surface area contributed by atoms with Gasteiger partial charge in [-0.25, -0.2) is 0 Å². The van der Waals surface area contributed by atoms with E-state index >= 15 is 0 Å². The van der Waals surface area contributed by atoms with Gasteiger partial charge in [-0.3, -0.25) is 4.79 Å². The van der Waals surface area contributed by atoms with Gasteiger partial charge >= 0.3 is 0 Å². The molecule has 0 aliphatic carbocycles. The van der Waals surface area contributed by atoms with Crippen LogP contribution in [0.4, 0.5) is 5.69 Å². The predicted octanol–water partition coefficient (Wildman–Crippen LogP) is 2.44. The number of carbonyl (C=O) groups is 1. The minimum absolute atomic E-state index is 0.0838. The van der Waals surface area contributed by atoms with E-state index in [9.17, 15) is 4.79 Å². The van der Waals surface area contributed by atoms with Crippen molar-refractivity contribution in [2.45, 2.75) is 39.0 Å². The number of hydrogen-bond acceptors (Lipinski definition) is 2. The summed E-state index contributed by atoms with van der Waals surface area (Å²) in [7, 11) is 0. The van der Waals surface area contributed by atoms with Crippen molar-refractivity contribution >= 4 is 11.6 Å². The van der Waals surface area contributed by atoms with E-state index in [1.165, 1.54) is 5.56 Å². The Morgan fingerprint density at radius 2 is 2.11 bits per heavy atom. The van der Waals surface area contributed by atoms with Gasteiger partial charge in [0.05, 0.1) is 5.41 Å². The number of carbonyl (C=O) groups excluding carboxylic acids is 1. The van der Waals surface area contributed by atoms with Crippen LogP contribution in [-0.2, 0) is 16.6 Å². The lowest BCUT2D eigenvalue weighted by Crippen LogP contribution is -2.27. The van der Waals surface area contributed by atoms with Gasteiger partial charge in [-0.1, -0.05) is 25.5 Å². The van der Waals surface area contributed by atoms with Crippen molar-refractivity contribution in [1.29, 1.82) is 0 Å². The normalized spacial score (nSPS) is 18.3. The van der Waals surface area contributed by atoms with Crippen LogP contribution >= 0.6 is 0 Å².